The molecule has 5 aromatic heterocycles. The fourth-order valence-electron chi connectivity index (χ4n) is 6.89. The van der Waals surface area contributed by atoms with Gasteiger partial charge in [0.2, 0.25) is 0 Å². The fraction of sp³-hybridized carbons (Fsp3) is 0. The molecular formula is C43H27N7O2. The third-order valence-electron chi connectivity index (χ3n) is 9.05. The van der Waals surface area contributed by atoms with Crippen LogP contribution in [0.2, 0.25) is 0 Å². The summed E-state index contributed by atoms with van der Waals surface area (Å²) in [5.41, 5.74) is 4.53. The molecule has 0 radical (unpaired) electrons. The Labute approximate surface area is 299 Å². The van der Waals surface area contributed by atoms with Gasteiger partial charge in [0.1, 0.15) is 47.3 Å². The molecule has 0 bridgehead atoms. The summed E-state index contributed by atoms with van der Waals surface area (Å²) in [6.07, 6.45) is 6.01. The van der Waals surface area contributed by atoms with Gasteiger partial charge in [-0.05, 0) is 72.7 Å². The van der Waals surface area contributed by atoms with Gasteiger partial charge in [0.15, 0.2) is 5.82 Å². The second-order valence-corrected chi connectivity index (χ2v) is 12.2. The van der Waals surface area contributed by atoms with Crippen LogP contribution in [-0.4, -0.2) is 34.1 Å². The lowest BCUT2D eigenvalue weighted by Crippen LogP contribution is -1.97. The lowest BCUT2D eigenvalue weighted by atomic mass is 10.1. The highest BCUT2D eigenvalue weighted by molar-refractivity contribution is 6.10. The Kier molecular flexibility index (Phi) is 6.43. The second-order valence-electron chi connectivity index (χ2n) is 12.2. The number of nitrogens with zero attached hydrogens (tertiary/aromatic N) is 7. The molecule has 0 unspecified atom stereocenters. The van der Waals surface area contributed by atoms with E-state index in [-0.39, 0.29) is 0 Å². The molecule has 5 aromatic carbocycles. The van der Waals surface area contributed by atoms with E-state index in [0.29, 0.717) is 58.1 Å². The summed E-state index contributed by atoms with van der Waals surface area (Å²) in [7, 11) is 0. The molecule has 0 aliphatic heterocycles. The van der Waals surface area contributed by atoms with Crippen LogP contribution in [0.3, 0.4) is 0 Å². The van der Waals surface area contributed by atoms with Gasteiger partial charge in [-0.25, -0.2) is 24.9 Å². The number of hydrogen-bond donors (Lipinski definition) is 0. The topological polar surface area (TPSA) is 92.8 Å². The standard InChI is InChI=1S/C43H27N7O2/c1-3-11-37-33(9-1)35-17-15-29(24-39(35)49(37)41-13-5-7-19-45-41)51-31-21-28(43-47-26-44-27-48-43)22-32(23-31)52-30-16-18-36-34-10-2-4-12-38(34)50(40(36)25-30)42-14-6-8-20-46-42/h1-27H/i7D,8D. The van der Waals surface area contributed by atoms with Gasteiger partial charge in [-0.1, -0.05) is 48.5 Å². The van der Waals surface area contributed by atoms with E-state index in [4.69, 9.17) is 12.2 Å². The summed E-state index contributed by atoms with van der Waals surface area (Å²) in [6, 6.07) is 41.8. The van der Waals surface area contributed by atoms with Crippen LogP contribution in [0.1, 0.15) is 2.74 Å². The molecule has 0 saturated carbocycles. The van der Waals surface area contributed by atoms with Crippen LogP contribution in [0.5, 0.6) is 23.0 Å². The molecule has 0 aliphatic rings. The number of para-hydroxylation sites is 2. The Hall–Kier alpha value is -7.39. The molecule has 0 atom stereocenters. The molecule has 10 rings (SSSR count). The van der Waals surface area contributed by atoms with Crippen molar-refractivity contribution in [2.24, 2.45) is 0 Å². The van der Waals surface area contributed by atoms with Crippen molar-refractivity contribution in [3.8, 4) is 46.0 Å². The minimum atomic E-state index is 0.346. The fourth-order valence-corrected chi connectivity index (χ4v) is 6.89. The van der Waals surface area contributed by atoms with E-state index in [0.717, 1.165) is 43.6 Å². The number of rotatable bonds is 7. The van der Waals surface area contributed by atoms with Crippen LogP contribution in [0.4, 0.5) is 0 Å². The first-order valence-corrected chi connectivity index (χ1v) is 16.6. The summed E-state index contributed by atoms with van der Waals surface area (Å²) in [4.78, 5) is 21.9. The van der Waals surface area contributed by atoms with Gasteiger partial charge in [0.25, 0.3) is 0 Å². The smallest absolute Gasteiger partial charge is 0.162 e. The number of hydrogen-bond acceptors (Lipinski definition) is 7. The maximum atomic E-state index is 7.96. The maximum Gasteiger partial charge on any atom is 0.162 e. The van der Waals surface area contributed by atoms with Crippen molar-refractivity contribution >= 4 is 43.6 Å². The summed E-state index contributed by atoms with van der Waals surface area (Å²) < 4.78 is 33.3. The van der Waals surface area contributed by atoms with Crippen molar-refractivity contribution in [1.29, 1.82) is 0 Å². The van der Waals surface area contributed by atoms with Crippen LogP contribution < -0.4 is 9.47 Å². The largest absolute Gasteiger partial charge is 0.457 e. The van der Waals surface area contributed by atoms with Gasteiger partial charge in [-0.15, -0.1) is 0 Å². The molecule has 5 heterocycles. The zero-order valence-corrected chi connectivity index (χ0v) is 27.4. The van der Waals surface area contributed by atoms with E-state index in [9.17, 15) is 0 Å². The average Bonchev–Trinajstić information content (AvgIpc) is 3.71. The lowest BCUT2D eigenvalue weighted by molar-refractivity contribution is 0.461. The molecule has 9 nitrogen and oxygen atoms in total. The van der Waals surface area contributed by atoms with Gasteiger partial charge < -0.3 is 9.47 Å². The van der Waals surface area contributed by atoms with Crippen LogP contribution in [-0.2, 0) is 0 Å². The molecule has 0 aliphatic carbocycles. The SMILES string of the molecule is [2H]c1ccc(-n2c3ccccc3c3ccc(Oc4cc(Oc5ccc6c7ccccc7n(-c7ccc([2H])cn7)c6c5)cc(-c5ncncn5)c4)cc32)nc1. The third kappa shape index (κ3) is 5.07. The molecule has 246 valence electrons. The Balaban J connectivity index is 1.07. The number of ether oxygens (including phenoxy) is 2. The van der Waals surface area contributed by atoms with E-state index < -0.39 is 0 Å². The van der Waals surface area contributed by atoms with Gasteiger partial charge in [-0.2, -0.15) is 0 Å². The summed E-state index contributed by atoms with van der Waals surface area (Å²) in [5.74, 6) is 4.16. The van der Waals surface area contributed by atoms with Gasteiger partial charge in [0, 0.05) is 57.7 Å². The van der Waals surface area contributed by atoms with Crippen molar-refractivity contribution in [2.75, 3.05) is 0 Å². The first-order chi connectivity index (χ1) is 26.6. The van der Waals surface area contributed by atoms with Crippen LogP contribution in [0, 0.1) is 0 Å². The highest BCUT2D eigenvalue weighted by atomic mass is 16.5. The minimum absolute atomic E-state index is 0.346. The first kappa shape index (κ1) is 27.4. The third-order valence-corrected chi connectivity index (χ3v) is 9.05. The van der Waals surface area contributed by atoms with Crippen molar-refractivity contribution in [1.82, 2.24) is 34.1 Å². The van der Waals surface area contributed by atoms with E-state index in [1.807, 2.05) is 78.9 Å². The van der Waals surface area contributed by atoms with Crippen molar-refractivity contribution in [3.63, 3.8) is 0 Å². The number of aromatic nitrogens is 7. The average molecular weight is 676 g/mol. The number of benzene rings is 5. The van der Waals surface area contributed by atoms with Crippen molar-refractivity contribution in [2.45, 2.75) is 0 Å². The maximum absolute atomic E-state index is 7.96. The number of fused-ring (bicyclic) bond motifs is 6. The summed E-state index contributed by atoms with van der Waals surface area (Å²) >= 11 is 0. The zero-order chi connectivity index (χ0) is 36.2. The van der Waals surface area contributed by atoms with E-state index in [2.05, 4.69) is 70.5 Å². The monoisotopic (exact) mass is 675 g/mol. The van der Waals surface area contributed by atoms with Gasteiger partial charge in [-0.3, -0.25) is 9.13 Å². The Morgan fingerprint density at radius 2 is 0.942 bits per heavy atom. The van der Waals surface area contributed by atoms with E-state index in [1.54, 1.807) is 24.5 Å². The van der Waals surface area contributed by atoms with Crippen LogP contribution in [0.15, 0.2) is 165 Å². The highest BCUT2D eigenvalue weighted by Gasteiger charge is 2.17. The van der Waals surface area contributed by atoms with Crippen LogP contribution >= 0.6 is 0 Å². The molecule has 0 spiro atoms. The molecule has 52 heavy (non-hydrogen) atoms. The molecule has 10 aromatic rings. The van der Waals surface area contributed by atoms with Crippen LogP contribution in [0.25, 0.3) is 66.6 Å². The quantitative estimate of drug-likeness (QED) is 0.166. The molecule has 0 N–H and O–H groups in total. The zero-order valence-electron chi connectivity index (χ0n) is 29.4. The first-order valence-electron chi connectivity index (χ1n) is 17.6. The molecule has 9 heteroatoms. The van der Waals surface area contributed by atoms with Gasteiger partial charge >= 0.3 is 0 Å². The molecule has 0 amide bonds. The van der Waals surface area contributed by atoms with Crippen molar-refractivity contribution in [3.05, 3.63) is 165 Å². The highest BCUT2D eigenvalue weighted by Crippen LogP contribution is 2.39. The predicted molar refractivity (Wildman–Crippen MR) is 203 cm³/mol. The Bertz CT molecular complexity index is 2840. The van der Waals surface area contributed by atoms with E-state index in [1.165, 1.54) is 12.7 Å². The molecule has 0 saturated heterocycles. The predicted octanol–water partition coefficient (Wildman–Crippen LogP) is 10.1. The van der Waals surface area contributed by atoms with E-state index >= 15 is 0 Å². The normalized spacial score (nSPS) is 12.0. The Morgan fingerprint density at radius 3 is 1.44 bits per heavy atom. The second kappa shape index (κ2) is 12.2. The Morgan fingerprint density at radius 1 is 0.442 bits per heavy atom. The molecular weight excluding hydrogens is 647 g/mol. The summed E-state index contributed by atoms with van der Waals surface area (Å²) in [6.45, 7) is 0. The molecule has 0 fully saturated rings. The van der Waals surface area contributed by atoms with Gasteiger partial charge in [0.05, 0.1) is 24.8 Å². The number of pyridine rings is 2. The minimum Gasteiger partial charge on any atom is -0.457 e. The lowest BCUT2D eigenvalue weighted by Gasteiger charge is -2.13. The van der Waals surface area contributed by atoms with Crippen molar-refractivity contribution < 1.29 is 12.2 Å². The summed E-state index contributed by atoms with van der Waals surface area (Å²) in [5, 5.41) is 4.28.